The minimum atomic E-state index is -4.13. The van der Waals surface area contributed by atoms with Gasteiger partial charge in [0, 0.05) is 0 Å². The van der Waals surface area contributed by atoms with Crippen LogP contribution in [-0.4, -0.2) is 22.4 Å². The predicted octanol–water partition coefficient (Wildman–Crippen LogP) is 0.610. The van der Waals surface area contributed by atoms with Gasteiger partial charge >= 0.3 is 0 Å². The van der Waals surface area contributed by atoms with Gasteiger partial charge in [-0.15, -0.1) is 0 Å². The van der Waals surface area contributed by atoms with E-state index in [2.05, 4.69) is 4.98 Å². The highest BCUT2D eigenvalue weighted by atomic mass is 32.2. The van der Waals surface area contributed by atoms with Gasteiger partial charge in [0.1, 0.15) is 16.7 Å². The van der Waals surface area contributed by atoms with E-state index >= 15 is 0 Å². The maximum absolute atomic E-state index is 10.9. The van der Waals surface area contributed by atoms with Crippen molar-refractivity contribution >= 4 is 26.7 Å². The summed E-state index contributed by atoms with van der Waals surface area (Å²) in [6.07, 6.45) is 1.54. The van der Waals surface area contributed by atoms with Crippen molar-refractivity contribution in [2.24, 2.45) is 0 Å². The van der Waals surface area contributed by atoms with Crippen LogP contribution in [0.1, 0.15) is 0 Å². The van der Waals surface area contributed by atoms with Crippen LogP contribution in [0.3, 0.4) is 0 Å². The summed E-state index contributed by atoms with van der Waals surface area (Å²) in [6.45, 7) is 0. The Hall–Kier alpha value is -1.40. The molecule has 5 aromatic rings. The number of hydrogen-bond acceptors (Lipinski definition) is 3. The highest BCUT2D eigenvalue weighted by Gasteiger charge is 2.23. The Morgan fingerprint density at radius 3 is 2.69 bits per heavy atom. The summed E-state index contributed by atoms with van der Waals surface area (Å²) in [5, 5.41) is 0. The largest absolute Gasteiger partial charge is 0.296 e. The Morgan fingerprint density at radius 2 is 2.15 bits per heavy atom. The zero-order valence-electron chi connectivity index (χ0n) is 6.30. The van der Waals surface area contributed by atoms with Gasteiger partial charge in [-0.2, -0.15) is 8.42 Å². The fourth-order valence-corrected chi connectivity index (χ4v) is 2.30. The Labute approximate surface area is 73.0 Å². The third-order valence-electron chi connectivity index (χ3n) is 2.17. The Kier molecular flexibility index (Phi) is 0.951. The van der Waals surface area contributed by atoms with Gasteiger partial charge in [-0.25, -0.2) is 4.98 Å². The molecule has 0 saturated heterocycles. The molecule has 0 saturated carbocycles. The Bertz CT molecular complexity index is 640. The van der Waals surface area contributed by atoms with Gasteiger partial charge in [-0.3, -0.25) is 8.95 Å². The highest BCUT2D eigenvalue weighted by molar-refractivity contribution is 7.86. The second kappa shape index (κ2) is 1.75. The molecular formula is C7H4N2O3S. The third kappa shape index (κ3) is 0.655. The summed E-state index contributed by atoms with van der Waals surface area (Å²) >= 11 is 0. The maximum atomic E-state index is 10.9. The molecule has 0 fully saturated rings. The van der Waals surface area contributed by atoms with E-state index in [9.17, 15) is 8.42 Å². The van der Waals surface area contributed by atoms with E-state index in [1.54, 1.807) is 10.5 Å². The fourth-order valence-electron chi connectivity index (χ4n) is 1.62. The van der Waals surface area contributed by atoms with Crippen LogP contribution in [0, 0.1) is 0 Å². The van der Waals surface area contributed by atoms with Gasteiger partial charge in [0.15, 0.2) is 0 Å². The van der Waals surface area contributed by atoms with Crippen molar-refractivity contribution < 1.29 is 13.0 Å². The molecule has 0 aliphatic heterocycles. The van der Waals surface area contributed by atoms with Crippen LogP contribution in [0.2, 0.25) is 0 Å². The van der Waals surface area contributed by atoms with Crippen LogP contribution < -0.4 is 0 Å². The molecule has 4 aromatic heterocycles. The number of pyridine rings is 1. The molecule has 1 N–H and O–H groups in total. The first-order chi connectivity index (χ1) is 6.09. The summed E-state index contributed by atoms with van der Waals surface area (Å²) in [5.74, 6) is 0. The molecule has 5 rings (SSSR count). The molecule has 0 atom stereocenters. The number of imidazole rings is 2. The average molecular weight is 196 g/mol. The Balaban J connectivity index is 2.56. The maximum Gasteiger partial charge on any atom is 0.296 e. The molecule has 66 valence electrons. The molecule has 0 radical (unpaired) electrons. The van der Waals surface area contributed by atoms with Crippen LogP contribution in [0.25, 0.3) is 16.6 Å². The summed E-state index contributed by atoms with van der Waals surface area (Å²) in [4.78, 5) is 3.88. The van der Waals surface area contributed by atoms with E-state index in [-0.39, 0.29) is 4.90 Å². The number of rotatable bonds is 1. The molecule has 5 nitrogen and oxygen atoms in total. The van der Waals surface area contributed by atoms with E-state index in [0.717, 1.165) is 5.52 Å². The van der Waals surface area contributed by atoms with Crippen molar-refractivity contribution in [1.29, 1.82) is 0 Å². The van der Waals surface area contributed by atoms with Crippen LogP contribution in [0.4, 0.5) is 0 Å². The minimum Gasteiger partial charge on any atom is -0.295 e. The van der Waals surface area contributed by atoms with Gasteiger partial charge in [-0.05, 0) is 12.1 Å². The minimum absolute atomic E-state index is 0.0741. The van der Waals surface area contributed by atoms with Gasteiger partial charge in [-0.1, -0.05) is 0 Å². The lowest BCUT2D eigenvalue weighted by Gasteiger charge is -2.09. The molecule has 0 aliphatic rings. The molecule has 0 spiro atoms. The van der Waals surface area contributed by atoms with Crippen LogP contribution in [-0.2, 0) is 10.1 Å². The van der Waals surface area contributed by atoms with Crippen LogP contribution in [0.15, 0.2) is 23.4 Å². The highest BCUT2D eigenvalue weighted by Crippen LogP contribution is 2.32. The number of fused-ring (bicyclic) bond motifs is 3. The summed E-state index contributed by atoms with van der Waals surface area (Å²) in [6, 6.07) is 3.01. The standard InChI is InChI=1S/C7H4N2O3S/c10-13(11,12)5-2-1-4-6-7(5)9(4)3-8-6/h1-3H,(H,10,11,12). The first-order valence-corrected chi connectivity index (χ1v) is 5.01. The third-order valence-corrected chi connectivity index (χ3v) is 3.06. The van der Waals surface area contributed by atoms with E-state index in [1.165, 1.54) is 12.4 Å². The second-order valence-electron chi connectivity index (χ2n) is 2.87. The van der Waals surface area contributed by atoms with Gasteiger partial charge < -0.3 is 0 Å². The SMILES string of the molecule is O=S(=O)(O)c1ccc2c3ncn2c13. The molecule has 1 aromatic carbocycles. The molecule has 6 heteroatoms. The number of aromatic nitrogens is 2. The molecular weight excluding hydrogens is 192 g/mol. The normalized spacial score (nSPS) is 13.6. The van der Waals surface area contributed by atoms with E-state index < -0.39 is 10.1 Å². The zero-order chi connectivity index (χ0) is 9.22. The van der Waals surface area contributed by atoms with Gasteiger partial charge in [0.25, 0.3) is 10.1 Å². The number of benzene rings is 1. The van der Waals surface area contributed by atoms with Crippen molar-refractivity contribution in [2.75, 3.05) is 0 Å². The molecule has 13 heavy (non-hydrogen) atoms. The average Bonchev–Trinajstić information content (AvgIpc) is 2.63. The first-order valence-electron chi connectivity index (χ1n) is 3.57. The van der Waals surface area contributed by atoms with E-state index in [4.69, 9.17) is 4.55 Å². The molecule has 4 heterocycles. The number of nitrogens with zero attached hydrogens (tertiary/aromatic N) is 2. The van der Waals surface area contributed by atoms with Crippen molar-refractivity contribution in [3.05, 3.63) is 18.5 Å². The second-order valence-corrected chi connectivity index (χ2v) is 4.26. The van der Waals surface area contributed by atoms with Crippen LogP contribution in [0.5, 0.6) is 0 Å². The lowest BCUT2D eigenvalue weighted by atomic mass is 10.2. The summed E-state index contributed by atoms with van der Waals surface area (Å²) in [7, 11) is -4.13. The van der Waals surface area contributed by atoms with Crippen molar-refractivity contribution in [3.8, 4) is 0 Å². The summed E-state index contributed by atoms with van der Waals surface area (Å²) in [5.41, 5.74) is 2.03. The molecule has 0 aliphatic carbocycles. The first kappa shape index (κ1) is 7.05. The molecule has 0 unspecified atom stereocenters. The lowest BCUT2D eigenvalue weighted by Crippen LogP contribution is -2.04. The smallest absolute Gasteiger partial charge is 0.295 e. The number of hydrogen-bond donors (Lipinski definition) is 1. The zero-order valence-corrected chi connectivity index (χ0v) is 7.11. The predicted molar refractivity (Wildman–Crippen MR) is 44.9 cm³/mol. The van der Waals surface area contributed by atoms with Crippen molar-refractivity contribution in [1.82, 2.24) is 9.38 Å². The van der Waals surface area contributed by atoms with E-state index in [0.29, 0.717) is 11.0 Å². The topological polar surface area (TPSA) is 71.7 Å². The Morgan fingerprint density at radius 1 is 1.38 bits per heavy atom. The molecule has 4 bridgehead atoms. The van der Waals surface area contributed by atoms with Gasteiger partial charge in [0.2, 0.25) is 0 Å². The lowest BCUT2D eigenvalue weighted by molar-refractivity contribution is 0.484. The molecule has 0 amide bonds. The fraction of sp³-hybridized carbons (Fsp3) is 0. The summed E-state index contributed by atoms with van der Waals surface area (Å²) < 4.78 is 32.3. The monoisotopic (exact) mass is 196 g/mol. The van der Waals surface area contributed by atoms with Crippen LogP contribution >= 0.6 is 0 Å². The van der Waals surface area contributed by atoms with Gasteiger partial charge in [0.05, 0.1) is 11.0 Å². The van der Waals surface area contributed by atoms with E-state index in [1.807, 2.05) is 0 Å². The van der Waals surface area contributed by atoms with Crippen molar-refractivity contribution in [2.45, 2.75) is 4.90 Å². The quantitative estimate of drug-likeness (QED) is 0.579. The van der Waals surface area contributed by atoms with Crippen molar-refractivity contribution in [3.63, 3.8) is 0 Å².